The maximum absolute atomic E-state index is 13.4. The van der Waals surface area contributed by atoms with Crippen molar-refractivity contribution in [1.82, 2.24) is 5.32 Å². The van der Waals surface area contributed by atoms with E-state index in [1.165, 1.54) is 15.0 Å². The number of hydrogen-bond acceptors (Lipinski definition) is 6. The molecule has 0 unspecified atom stereocenters. The molecule has 1 N–H and O–H groups in total. The Balaban J connectivity index is 1.30. The van der Waals surface area contributed by atoms with Gasteiger partial charge >= 0.3 is 0 Å². The van der Waals surface area contributed by atoms with E-state index in [9.17, 15) is 9.59 Å². The minimum atomic E-state index is -0.498. The van der Waals surface area contributed by atoms with Crippen molar-refractivity contribution in [1.29, 1.82) is 0 Å². The lowest BCUT2D eigenvalue weighted by molar-refractivity contribution is -0.122. The lowest BCUT2D eigenvalue weighted by atomic mass is 10.1. The molecule has 1 fully saturated rings. The molecule has 0 bridgehead atoms. The highest BCUT2D eigenvalue weighted by atomic mass is 32.2. The number of hydrogen-bond donors (Lipinski definition) is 1. The molecular weight excluding hydrogens is 497 g/mol. The van der Waals surface area contributed by atoms with Crippen LogP contribution in [0, 0.1) is 0 Å². The molecule has 3 heterocycles. The average Bonchev–Trinajstić information content (AvgIpc) is 3.41. The van der Waals surface area contributed by atoms with Crippen molar-refractivity contribution >= 4 is 83.1 Å². The van der Waals surface area contributed by atoms with Crippen molar-refractivity contribution < 1.29 is 14.3 Å². The molecule has 0 aliphatic carbocycles. The number of para-hydroxylation sites is 1. The third-order valence-electron chi connectivity index (χ3n) is 5.56. The van der Waals surface area contributed by atoms with Gasteiger partial charge in [0, 0.05) is 20.3 Å². The van der Waals surface area contributed by atoms with Crippen LogP contribution in [0.2, 0.25) is 0 Å². The molecule has 2 amide bonds. The fourth-order valence-electron chi connectivity index (χ4n) is 3.93. The van der Waals surface area contributed by atoms with Crippen molar-refractivity contribution in [3.8, 4) is 11.5 Å². The van der Waals surface area contributed by atoms with E-state index in [1.54, 1.807) is 53.0 Å². The molecular formula is C27H16N2O3S3. The van der Waals surface area contributed by atoms with Crippen molar-refractivity contribution in [3.05, 3.63) is 95.4 Å². The first-order valence-electron chi connectivity index (χ1n) is 10.7. The second-order valence-corrected chi connectivity index (χ2v) is 10.6. The Bertz CT molecular complexity index is 1650. The Morgan fingerprint density at radius 3 is 2.34 bits per heavy atom. The molecule has 5 nitrogen and oxygen atoms in total. The van der Waals surface area contributed by atoms with Gasteiger partial charge in [-0.15, -0.1) is 22.7 Å². The summed E-state index contributed by atoms with van der Waals surface area (Å²) in [5, 5.41) is 5.00. The minimum Gasteiger partial charge on any atom is -0.457 e. The summed E-state index contributed by atoms with van der Waals surface area (Å²) in [6, 6.07) is 26.7. The van der Waals surface area contributed by atoms with Crippen LogP contribution < -0.4 is 15.0 Å². The van der Waals surface area contributed by atoms with Gasteiger partial charge in [0.1, 0.15) is 17.1 Å². The standard InChI is InChI=1S/C27H16N2O3S3/c30-24-22(15-19-14-21-20-8-4-5-9-23(20)35-26(21)34-19)25(31)29(27(33)28-24)16-10-12-18(13-11-16)32-17-6-2-1-3-7-17/h1-15H,(H,28,30,33)/b22-15+. The highest BCUT2D eigenvalue weighted by Crippen LogP contribution is 2.40. The second kappa shape index (κ2) is 8.74. The zero-order valence-corrected chi connectivity index (χ0v) is 20.5. The van der Waals surface area contributed by atoms with Crippen LogP contribution in [0.25, 0.3) is 25.6 Å². The van der Waals surface area contributed by atoms with E-state index in [0.717, 1.165) is 14.3 Å². The molecule has 0 saturated carbocycles. The summed E-state index contributed by atoms with van der Waals surface area (Å²) < 4.78 is 8.20. The molecule has 1 saturated heterocycles. The topological polar surface area (TPSA) is 58.6 Å². The Morgan fingerprint density at radius 2 is 1.54 bits per heavy atom. The SMILES string of the molecule is O=C1NC(=S)N(c2ccc(Oc3ccccc3)cc2)C(=O)/C1=C/c1cc2c(s1)sc1ccccc12. The van der Waals surface area contributed by atoms with Crippen LogP contribution in [0.4, 0.5) is 5.69 Å². The van der Waals surface area contributed by atoms with Crippen LogP contribution in [0.3, 0.4) is 0 Å². The molecule has 1 aliphatic heterocycles. The molecule has 2 aromatic heterocycles. The van der Waals surface area contributed by atoms with Crippen LogP contribution in [0.15, 0.2) is 90.5 Å². The smallest absolute Gasteiger partial charge is 0.270 e. The van der Waals surface area contributed by atoms with Crippen LogP contribution in [-0.4, -0.2) is 16.9 Å². The number of ether oxygens (including phenoxy) is 1. The number of fused-ring (bicyclic) bond motifs is 3. The average molecular weight is 513 g/mol. The van der Waals surface area contributed by atoms with E-state index in [-0.39, 0.29) is 10.7 Å². The summed E-state index contributed by atoms with van der Waals surface area (Å²) in [6.45, 7) is 0. The van der Waals surface area contributed by atoms with E-state index in [0.29, 0.717) is 17.2 Å². The molecule has 8 heteroatoms. The first kappa shape index (κ1) is 21.7. The van der Waals surface area contributed by atoms with Crippen LogP contribution in [0.5, 0.6) is 11.5 Å². The Labute approximate surface area is 213 Å². The van der Waals surface area contributed by atoms with Gasteiger partial charge in [-0.05, 0) is 66.8 Å². The first-order chi connectivity index (χ1) is 17.1. The molecule has 1 aliphatic rings. The summed E-state index contributed by atoms with van der Waals surface area (Å²) in [5.74, 6) is 0.380. The molecule has 0 radical (unpaired) electrons. The number of thiocarbonyl (C=S) groups is 1. The van der Waals surface area contributed by atoms with Gasteiger partial charge in [0.25, 0.3) is 11.8 Å². The molecule has 170 valence electrons. The van der Waals surface area contributed by atoms with E-state index >= 15 is 0 Å². The number of nitrogens with one attached hydrogen (secondary N) is 1. The third kappa shape index (κ3) is 4.01. The van der Waals surface area contributed by atoms with Crippen LogP contribution >= 0.6 is 34.9 Å². The van der Waals surface area contributed by atoms with Crippen molar-refractivity contribution in [2.45, 2.75) is 0 Å². The number of carbonyl (C=O) groups excluding carboxylic acids is 2. The Morgan fingerprint density at radius 1 is 0.829 bits per heavy atom. The zero-order valence-electron chi connectivity index (χ0n) is 18.1. The molecule has 6 rings (SSSR count). The monoisotopic (exact) mass is 512 g/mol. The number of amides is 2. The van der Waals surface area contributed by atoms with Crippen LogP contribution in [0.1, 0.15) is 4.88 Å². The predicted molar refractivity (Wildman–Crippen MR) is 146 cm³/mol. The maximum Gasteiger partial charge on any atom is 0.270 e. The number of nitrogens with zero attached hydrogens (tertiary/aromatic N) is 1. The third-order valence-corrected chi connectivity index (χ3v) is 8.20. The first-order valence-corrected chi connectivity index (χ1v) is 12.8. The second-order valence-electron chi connectivity index (χ2n) is 7.81. The summed E-state index contributed by atoms with van der Waals surface area (Å²) in [6.07, 6.45) is 1.64. The fourth-order valence-corrected chi connectivity index (χ4v) is 6.69. The minimum absolute atomic E-state index is 0.0430. The Hall–Kier alpha value is -3.85. The molecule has 35 heavy (non-hydrogen) atoms. The fraction of sp³-hybridized carbons (Fsp3) is 0. The summed E-state index contributed by atoms with van der Waals surface area (Å²) in [4.78, 5) is 28.2. The van der Waals surface area contributed by atoms with Gasteiger partial charge in [0.2, 0.25) is 0 Å². The lowest BCUT2D eigenvalue weighted by Gasteiger charge is -2.28. The van der Waals surface area contributed by atoms with Gasteiger partial charge in [0.15, 0.2) is 5.11 Å². The van der Waals surface area contributed by atoms with Crippen molar-refractivity contribution in [3.63, 3.8) is 0 Å². The number of rotatable bonds is 4. The Kier molecular flexibility index (Phi) is 5.41. The van der Waals surface area contributed by atoms with Crippen molar-refractivity contribution in [2.24, 2.45) is 0 Å². The molecule has 5 aromatic rings. The van der Waals surface area contributed by atoms with Gasteiger partial charge in [-0.25, -0.2) is 0 Å². The number of thiophene rings is 2. The quantitative estimate of drug-likeness (QED) is 0.165. The van der Waals surface area contributed by atoms with Gasteiger partial charge in [-0.2, -0.15) is 0 Å². The van der Waals surface area contributed by atoms with Gasteiger partial charge in [0.05, 0.1) is 9.70 Å². The van der Waals surface area contributed by atoms with E-state index < -0.39 is 11.8 Å². The van der Waals surface area contributed by atoms with Crippen LogP contribution in [-0.2, 0) is 9.59 Å². The predicted octanol–water partition coefficient (Wildman–Crippen LogP) is 6.74. The number of anilines is 1. The molecule has 0 spiro atoms. The van der Waals surface area contributed by atoms with Gasteiger partial charge in [-0.3, -0.25) is 19.8 Å². The van der Waals surface area contributed by atoms with Gasteiger partial charge in [-0.1, -0.05) is 36.4 Å². The summed E-state index contributed by atoms with van der Waals surface area (Å²) in [5.41, 5.74) is 0.589. The normalized spacial score (nSPS) is 15.3. The van der Waals surface area contributed by atoms with Crippen molar-refractivity contribution in [2.75, 3.05) is 4.90 Å². The zero-order chi connectivity index (χ0) is 23.9. The largest absolute Gasteiger partial charge is 0.457 e. The van der Waals surface area contributed by atoms with E-state index in [4.69, 9.17) is 17.0 Å². The van der Waals surface area contributed by atoms with Gasteiger partial charge < -0.3 is 4.74 Å². The summed E-state index contributed by atoms with van der Waals surface area (Å²) in [7, 11) is 0. The maximum atomic E-state index is 13.4. The van der Waals surface area contributed by atoms with E-state index in [2.05, 4.69) is 17.4 Å². The molecule has 0 atom stereocenters. The van der Waals surface area contributed by atoms with E-state index in [1.807, 2.05) is 48.5 Å². The number of carbonyl (C=O) groups is 2. The summed E-state index contributed by atoms with van der Waals surface area (Å²) >= 11 is 8.60. The highest BCUT2D eigenvalue weighted by Gasteiger charge is 2.34. The number of benzene rings is 3. The lowest BCUT2D eigenvalue weighted by Crippen LogP contribution is -2.54. The molecule has 3 aromatic carbocycles. The highest BCUT2D eigenvalue weighted by molar-refractivity contribution is 7.80.